The number of rotatable bonds is 1. The molecule has 2 bridgehead atoms. The second-order valence-electron chi connectivity index (χ2n) is 2.86. The molecule has 3 saturated heterocycles. The van der Waals surface area contributed by atoms with E-state index in [4.69, 9.17) is 25.8 Å². The molecular weight excluding hydrogens is 156 g/mol. The van der Waals surface area contributed by atoms with Crippen LogP contribution in [0.4, 0.5) is 0 Å². The van der Waals surface area contributed by atoms with Gasteiger partial charge in [-0.1, -0.05) is 0 Å². The number of hydrogen-bond acceptors (Lipinski definition) is 3. The quantitative estimate of drug-likeness (QED) is 0.531. The summed E-state index contributed by atoms with van der Waals surface area (Å²) in [5.41, 5.74) is -0.0731. The lowest BCUT2D eigenvalue weighted by atomic mass is 9.92. The molecule has 0 aromatic rings. The Kier molecular flexibility index (Phi) is 1.60. The molecule has 3 aliphatic rings. The summed E-state index contributed by atoms with van der Waals surface area (Å²) >= 11 is 5.72. The lowest BCUT2D eigenvalue weighted by molar-refractivity contribution is -0.390. The van der Waals surface area contributed by atoms with Gasteiger partial charge in [0.15, 0.2) is 0 Å². The van der Waals surface area contributed by atoms with Gasteiger partial charge in [0.1, 0.15) is 0 Å². The Balaban J connectivity index is 2.08. The monoisotopic (exact) mass is 164 g/mol. The third-order valence-corrected chi connectivity index (χ3v) is 2.43. The molecule has 0 aliphatic carbocycles. The van der Waals surface area contributed by atoms with E-state index in [2.05, 4.69) is 0 Å². The molecule has 4 heteroatoms. The molecule has 3 rings (SSSR count). The zero-order chi connectivity index (χ0) is 7.03. The molecule has 0 aromatic heterocycles. The molecule has 0 saturated carbocycles. The van der Waals surface area contributed by atoms with Crippen LogP contribution in [-0.4, -0.2) is 32.2 Å². The number of fused-ring (bicyclic) bond motifs is 3. The van der Waals surface area contributed by atoms with E-state index in [-0.39, 0.29) is 5.41 Å². The summed E-state index contributed by atoms with van der Waals surface area (Å²) in [6, 6.07) is 0. The number of halogens is 1. The van der Waals surface area contributed by atoms with Gasteiger partial charge in [-0.2, -0.15) is 0 Å². The van der Waals surface area contributed by atoms with E-state index >= 15 is 0 Å². The van der Waals surface area contributed by atoms with Crippen LogP contribution in [0.1, 0.15) is 0 Å². The molecule has 3 fully saturated rings. The fourth-order valence-corrected chi connectivity index (χ4v) is 1.35. The van der Waals surface area contributed by atoms with Crippen LogP contribution in [0.5, 0.6) is 0 Å². The third kappa shape index (κ3) is 0.937. The zero-order valence-corrected chi connectivity index (χ0v) is 6.26. The smallest absolute Gasteiger partial charge is 0.271 e. The SMILES string of the molecule is ClCC12COC(OC1)OC2. The maximum atomic E-state index is 5.72. The predicted molar refractivity (Wildman–Crippen MR) is 34.8 cm³/mol. The Morgan fingerprint density at radius 3 is 2.00 bits per heavy atom. The summed E-state index contributed by atoms with van der Waals surface area (Å²) in [6.07, 6.45) is 0. The highest BCUT2D eigenvalue weighted by Gasteiger charge is 2.42. The summed E-state index contributed by atoms with van der Waals surface area (Å²) < 4.78 is 15.4. The van der Waals surface area contributed by atoms with Crippen LogP contribution in [0.15, 0.2) is 0 Å². The van der Waals surface area contributed by atoms with E-state index < -0.39 is 6.48 Å². The Morgan fingerprint density at radius 2 is 1.70 bits per heavy atom. The van der Waals surface area contributed by atoms with Crippen molar-refractivity contribution in [3.8, 4) is 0 Å². The van der Waals surface area contributed by atoms with Gasteiger partial charge in [-0.25, -0.2) is 0 Å². The van der Waals surface area contributed by atoms with Crippen molar-refractivity contribution in [3.63, 3.8) is 0 Å². The highest BCUT2D eigenvalue weighted by Crippen LogP contribution is 2.32. The molecule has 3 aliphatic heterocycles. The summed E-state index contributed by atoms with van der Waals surface area (Å²) in [5.74, 6) is 0.541. The van der Waals surface area contributed by atoms with Crippen LogP contribution in [0.25, 0.3) is 0 Å². The van der Waals surface area contributed by atoms with Gasteiger partial charge in [0.25, 0.3) is 6.48 Å². The minimum absolute atomic E-state index is 0.0731. The van der Waals surface area contributed by atoms with Crippen LogP contribution in [0, 0.1) is 5.41 Å². The number of alkyl halides is 1. The second kappa shape index (κ2) is 2.34. The standard InChI is InChI=1S/C6H9ClO3/c7-1-6-2-8-5(9-3-6)10-4-6/h5H,1-4H2. The fraction of sp³-hybridized carbons (Fsp3) is 1.00. The van der Waals surface area contributed by atoms with E-state index in [1.165, 1.54) is 0 Å². The zero-order valence-electron chi connectivity index (χ0n) is 5.51. The fourth-order valence-electron chi connectivity index (χ4n) is 1.12. The molecule has 58 valence electrons. The van der Waals surface area contributed by atoms with Crippen LogP contribution >= 0.6 is 11.6 Å². The Bertz CT molecular complexity index is 117. The highest BCUT2D eigenvalue weighted by molar-refractivity contribution is 6.18. The Hall–Kier alpha value is 0.170. The molecule has 0 atom stereocenters. The maximum Gasteiger partial charge on any atom is 0.271 e. The van der Waals surface area contributed by atoms with Crippen molar-refractivity contribution in [2.75, 3.05) is 25.7 Å². The van der Waals surface area contributed by atoms with Crippen LogP contribution in [0.2, 0.25) is 0 Å². The van der Waals surface area contributed by atoms with Gasteiger partial charge >= 0.3 is 0 Å². The van der Waals surface area contributed by atoms with Gasteiger partial charge in [0.2, 0.25) is 0 Å². The van der Waals surface area contributed by atoms with Crippen molar-refractivity contribution in [2.45, 2.75) is 6.48 Å². The largest absolute Gasteiger partial charge is 0.329 e. The first-order valence-electron chi connectivity index (χ1n) is 3.25. The van der Waals surface area contributed by atoms with E-state index in [9.17, 15) is 0 Å². The van der Waals surface area contributed by atoms with Crippen LogP contribution < -0.4 is 0 Å². The van der Waals surface area contributed by atoms with Crippen molar-refractivity contribution in [1.29, 1.82) is 0 Å². The maximum absolute atomic E-state index is 5.72. The highest BCUT2D eigenvalue weighted by atomic mass is 35.5. The number of hydrogen-bond donors (Lipinski definition) is 0. The minimum atomic E-state index is -0.426. The number of ether oxygens (including phenoxy) is 3. The van der Waals surface area contributed by atoms with Crippen molar-refractivity contribution in [3.05, 3.63) is 0 Å². The average Bonchev–Trinajstić information content (AvgIpc) is 2.08. The van der Waals surface area contributed by atoms with Gasteiger partial charge in [-0.15, -0.1) is 11.6 Å². The van der Waals surface area contributed by atoms with E-state index in [0.29, 0.717) is 25.7 Å². The Morgan fingerprint density at radius 1 is 1.20 bits per heavy atom. The first kappa shape index (κ1) is 6.85. The molecule has 3 nitrogen and oxygen atoms in total. The van der Waals surface area contributed by atoms with Gasteiger partial charge < -0.3 is 14.2 Å². The van der Waals surface area contributed by atoms with Gasteiger partial charge in [0, 0.05) is 5.88 Å². The van der Waals surface area contributed by atoms with Crippen LogP contribution in [0.3, 0.4) is 0 Å². The molecule has 0 radical (unpaired) electrons. The topological polar surface area (TPSA) is 27.7 Å². The van der Waals surface area contributed by atoms with Crippen molar-refractivity contribution >= 4 is 11.6 Å². The Labute approximate surface area is 64.2 Å². The molecule has 10 heavy (non-hydrogen) atoms. The van der Waals surface area contributed by atoms with E-state index in [1.807, 2.05) is 0 Å². The molecule has 0 unspecified atom stereocenters. The summed E-state index contributed by atoms with van der Waals surface area (Å²) in [6.45, 7) is 1.58. The van der Waals surface area contributed by atoms with Crippen molar-refractivity contribution < 1.29 is 14.2 Å². The normalized spacial score (nSPS) is 45.9. The second-order valence-corrected chi connectivity index (χ2v) is 3.12. The molecule has 3 heterocycles. The van der Waals surface area contributed by atoms with Gasteiger partial charge in [-0.05, 0) is 0 Å². The van der Waals surface area contributed by atoms with Crippen molar-refractivity contribution in [1.82, 2.24) is 0 Å². The first-order chi connectivity index (χ1) is 4.85. The van der Waals surface area contributed by atoms with E-state index in [1.54, 1.807) is 0 Å². The van der Waals surface area contributed by atoms with Gasteiger partial charge in [0.05, 0.1) is 25.2 Å². The molecular formula is C6H9ClO3. The molecule has 0 aromatic carbocycles. The lowest BCUT2D eigenvalue weighted by Crippen LogP contribution is -2.53. The third-order valence-electron chi connectivity index (χ3n) is 1.86. The van der Waals surface area contributed by atoms with E-state index in [0.717, 1.165) is 0 Å². The first-order valence-corrected chi connectivity index (χ1v) is 3.79. The lowest BCUT2D eigenvalue weighted by Gasteiger charge is -2.44. The minimum Gasteiger partial charge on any atom is -0.329 e. The summed E-state index contributed by atoms with van der Waals surface area (Å²) in [5, 5.41) is 0. The molecule has 0 N–H and O–H groups in total. The summed E-state index contributed by atoms with van der Waals surface area (Å²) in [7, 11) is 0. The molecule has 0 amide bonds. The van der Waals surface area contributed by atoms with Crippen LogP contribution in [-0.2, 0) is 14.2 Å². The van der Waals surface area contributed by atoms with Crippen molar-refractivity contribution in [2.24, 2.45) is 5.41 Å². The van der Waals surface area contributed by atoms with Gasteiger partial charge in [-0.3, -0.25) is 0 Å². The average molecular weight is 165 g/mol. The molecule has 0 spiro atoms. The summed E-state index contributed by atoms with van der Waals surface area (Å²) in [4.78, 5) is 0. The predicted octanol–water partition coefficient (Wildman–Crippen LogP) is 0.572.